The Bertz CT molecular complexity index is 706. The van der Waals surface area contributed by atoms with Crippen LogP contribution in [0.1, 0.15) is 54.7 Å². The van der Waals surface area contributed by atoms with Crippen LogP contribution in [0.4, 0.5) is 0 Å². The smallest absolute Gasteiger partial charge is 0.255 e. The summed E-state index contributed by atoms with van der Waals surface area (Å²) in [6, 6.07) is 7.21. The summed E-state index contributed by atoms with van der Waals surface area (Å²) in [5.74, 6) is 2.23. The van der Waals surface area contributed by atoms with E-state index >= 15 is 0 Å². The molecular formula is C18H22ClN3O2. The van der Waals surface area contributed by atoms with Gasteiger partial charge in [0.1, 0.15) is 0 Å². The molecule has 0 saturated carbocycles. The van der Waals surface area contributed by atoms with Gasteiger partial charge >= 0.3 is 0 Å². The van der Waals surface area contributed by atoms with E-state index in [2.05, 4.69) is 10.1 Å². The summed E-state index contributed by atoms with van der Waals surface area (Å²) < 4.78 is 5.33. The predicted octanol–water partition coefficient (Wildman–Crippen LogP) is 3.94. The molecule has 0 N–H and O–H groups in total. The number of likely N-dealkylation sites (tertiary alicyclic amines) is 1. The molecule has 5 nitrogen and oxygen atoms in total. The van der Waals surface area contributed by atoms with Gasteiger partial charge in [-0.2, -0.15) is 4.98 Å². The first-order chi connectivity index (χ1) is 11.5. The lowest BCUT2D eigenvalue weighted by atomic mass is 9.93. The maximum Gasteiger partial charge on any atom is 0.255 e. The number of carbonyl (C=O) groups excluding carboxylic acids is 1. The fraction of sp³-hybridized carbons (Fsp3) is 0.500. The highest BCUT2D eigenvalue weighted by Crippen LogP contribution is 2.24. The fourth-order valence-electron chi connectivity index (χ4n) is 2.98. The summed E-state index contributed by atoms with van der Waals surface area (Å²) in [7, 11) is 0. The van der Waals surface area contributed by atoms with Gasteiger partial charge < -0.3 is 9.42 Å². The fourth-order valence-corrected chi connectivity index (χ4v) is 3.19. The highest BCUT2D eigenvalue weighted by atomic mass is 35.5. The average Bonchev–Trinajstić information content (AvgIpc) is 3.04. The van der Waals surface area contributed by atoms with Crippen LogP contribution in [0.5, 0.6) is 0 Å². The van der Waals surface area contributed by atoms with Gasteiger partial charge in [0.15, 0.2) is 5.82 Å². The predicted molar refractivity (Wildman–Crippen MR) is 92.2 cm³/mol. The molecule has 0 aliphatic carbocycles. The van der Waals surface area contributed by atoms with Crippen molar-refractivity contribution in [1.29, 1.82) is 0 Å². The lowest BCUT2D eigenvalue weighted by Crippen LogP contribution is -2.39. The first-order valence-corrected chi connectivity index (χ1v) is 8.78. The lowest BCUT2D eigenvalue weighted by molar-refractivity contribution is 0.0687. The number of benzene rings is 1. The molecule has 2 aromatic rings. The number of hydrogen-bond acceptors (Lipinski definition) is 4. The monoisotopic (exact) mass is 347 g/mol. The van der Waals surface area contributed by atoms with Crippen molar-refractivity contribution in [3.8, 4) is 0 Å². The average molecular weight is 348 g/mol. The third-order valence-corrected chi connectivity index (χ3v) is 4.80. The number of rotatable bonds is 4. The van der Waals surface area contributed by atoms with Gasteiger partial charge in [-0.3, -0.25) is 4.79 Å². The van der Waals surface area contributed by atoms with E-state index in [1.807, 2.05) is 30.9 Å². The molecule has 128 valence electrons. The molecule has 1 amide bonds. The van der Waals surface area contributed by atoms with Gasteiger partial charge in [0.05, 0.1) is 10.6 Å². The summed E-state index contributed by atoms with van der Waals surface area (Å²) in [6.07, 6.45) is 2.67. The van der Waals surface area contributed by atoms with Crippen molar-refractivity contribution in [2.75, 3.05) is 13.1 Å². The second-order valence-electron chi connectivity index (χ2n) is 6.62. The van der Waals surface area contributed by atoms with Crippen molar-refractivity contribution in [2.24, 2.45) is 5.92 Å². The van der Waals surface area contributed by atoms with Crippen molar-refractivity contribution < 1.29 is 9.32 Å². The van der Waals surface area contributed by atoms with Crippen LogP contribution in [0.3, 0.4) is 0 Å². The minimum absolute atomic E-state index is 0.0129. The topological polar surface area (TPSA) is 59.2 Å². The van der Waals surface area contributed by atoms with E-state index in [0.29, 0.717) is 22.4 Å². The van der Waals surface area contributed by atoms with Crippen molar-refractivity contribution in [2.45, 2.75) is 39.0 Å². The standard InChI is InChI=1S/C18H22ClN3O2/c1-12(2)17-20-16(24-21-17)11-13-7-9-22(10-8-13)18(23)14-5-3-4-6-15(14)19/h3-6,12-13H,7-11H2,1-2H3. The van der Waals surface area contributed by atoms with Crippen molar-refractivity contribution in [1.82, 2.24) is 15.0 Å². The number of carbonyl (C=O) groups is 1. The Morgan fingerprint density at radius 2 is 2.04 bits per heavy atom. The molecule has 0 atom stereocenters. The molecule has 1 aliphatic rings. The number of aromatic nitrogens is 2. The van der Waals surface area contributed by atoms with Gasteiger partial charge in [0, 0.05) is 25.4 Å². The highest BCUT2D eigenvalue weighted by molar-refractivity contribution is 6.33. The van der Waals surface area contributed by atoms with Crippen molar-refractivity contribution in [3.05, 3.63) is 46.6 Å². The molecule has 1 aliphatic heterocycles. The third kappa shape index (κ3) is 3.78. The van der Waals surface area contributed by atoms with Crippen LogP contribution in [-0.2, 0) is 6.42 Å². The van der Waals surface area contributed by atoms with E-state index in [1.165, 1.54) is 0 Å². The Kier molecular flexibility index (Phi) is 5.19. The van der Waals surface area contributed by atoms with Crippen LogP contribution in [0.25, 0.3) is 0 Å². The van der Waals surface area contributed by atoms with Crippen LogP contribution in [-0.4, -0.2) is 34.0 Å². The van der Waals surface area contributed by atoms with Crippen LogP contribution >= 0.6 is 11.6 Å². The van der Waals surface area contributed by atoms with E-state index in [1.54, 1.807) is 12.1 Å². The largest absolute Gasteiger partial charge is 0.339 e. The Morgan fingerprint density at radius 1 is 1.33 bits per heavy atom. The lowest BCUT2D eigenvalue weighted by Gasteiger charge is -2.31. The summed E-state index contributed by atoms with van der Waals surface area (Å²) in [4.78, 5) is 18.9. The Morgan fingerprint density at radius 3 is 2.67 bits per heavy atom. The third-order valence-electron chi connectivity index (χ3n) is 4.47. The molecule has 1 saturated heterocycles. The molecular weight excluding hydrogens is 326 g/mol. The summed E-state index contributed by atoms with van der Waals surface area (Å²) in [6.45, 7) is 5.57. The first-order valence-electron chi connectivity index (χ1n) is 8.41. The van der Waals surface area contributed by atoms with Gasteiger partial charge in [-0.25, -0.2) is 0 Å². The van der Waals surface area contributed by atoms with Gasteiger partial charge in [0.2, 0.25) is 5.89 Å². The normalized spacial score (nSPS) is 15.9. The maximum atomic E-state index is 12.6. The summed E-state index contributed by atoms with van der Waals surface area (Å²) >= 11 is 6.13. The Balaban J connectivity index is 1.55. The van der Waals surface area contributed by atoms with Crippen LogP contribution in [0.2, 0.25) is 5.02 Å². The SMILES string of the molecule is CC(C)c1noc(CC2CCN(C(=O)c3ccccc3Cl)CC2)n1. The summed E-state index contributed by atoms with van der Waals surface area (Å²) in [5.41, 5.74) is 0.580. The number of piperidine rings is 1. The molecule has 3 rings (SSSR count). The molecule has 1 fully saturated rings. The Labute approximate surface area is 147 Å². The molecule has 0 radical (unpaired) electrons. The zero-order valence-electron chi connectivity index (χ0n) is 14.0. The number of amides is 1. The number of hydrogen-bond donors (Lipinski definition) is 0. The Hall–Kier alpha value is -1.88. The molecule has 2 heterocycles. The van der Waals surface area contributed by atoms with Gasteiger partial charge in [-0.05, 0) is 30.9 Å². The van der Waals surface area contributed by atoms with Gasteiger partial charge in [-0.15, -0.1) is 0 Å². The molecule has 6 heteroatoms. The van der Waals surface area contributed by atoms with Crippen molar-refractivity contribution in [3.63, 3.8) is 0 Å². The van der Waals surface area contributed by atoms with Crippen molar-refractivity contribution >= 4 is 17.5 Å². The van der Waals surface area contributed by atoms with Gasteiger partial charge in [-0.1, -0.05) is 42.7 Å². The number of halogens is 1. The second-order valence-corrected chi connectivity index (χ2v) is 7.03. The van der Waals surface area contributed by atoms with E-state index in [4.69, 9.17) is 16.1 Å². The highest BCUT2D eigenvalue weighted by Gasteiger charge is 2.26. The van der Waals surface area contributed by atoms with Crippen LogP contribution in [0.15, 0.2) is 28.8 Å². The maximum absolute atomic E-state index is 12.6. The molecule has 1 aromatic heterocycles. The molecule has 0 spiro atoms. The summed E-state index contributed by atoms with van der Waals surface area (Å²) in [5, 5.41) is 4.52. The van der Waals surface area contributed by atoms with Crippen LogP contribution < -0.4 is 0 Å². The van der Waals surface area contributed by atoms with E-state index in [0.717, 1.165) is 38.2 Å². The van der Waals surface area contributed by atoms with Gasteiger partial charge in [0.25, 0.3) is 5.91 Å². The molecule has 0 bridgehead atoms. The molecule has 0 unspecified atom stereocenters. The second kappa shape index (κ2) is 7.34. The molecule has 24 heavy (non-hydrogen) atoms. The first kappa shape index (κ1) is 17.0. The molecule has 1 aromatic carbocycles. The van der Waals surface area contributed by atoms with E-state index in [-0.39, 0.29) is 11.8 Å². The van der Waals surface area contributed by atoms with Crippen LogP contribution in [0, 0.1) is 5.92 Å². The number of nitrogens with zero attached hydrogens (tertiary/aromatic N) is 3. The minimum atomic E-state index is 0.0129. The minimum Gasteiger partial charge on any atom is -0.339 e. The van der Waals surface area contributed by atoms with E-state index < -0.39 is 0 Å². The zero-order valence-corrected chi connectivity index (χ0v) is 14.8. The zero-order chi connectivity index (χ0) is 17.1. The van der Waals surface area contributed by atoms with E-state index in [9.17, 15) is 4.79 Å². The quantitative estimate of drug-likeness (QED) is 0.840.